The second kappa shape index (κ2) is 8.55. The zero-order valence-electron chi connectivity index (χ0n) is 7.66. The zero-order chi connectivity index (χ0) is 8.04. The van der Waals surface area contributed by atoms with Crippen LogP contribution in [0.3, 0.4) is 0 Å². The molecule has 0 aliphatic heterocycles. The van der Waals surface area contributed by atoms with Crippen molar-refractivity contribution >= 4 is 7.60 Å². The molecule has 62 valence electrons. The molecule has 11 heavy (non-hydrogen) atoms. The molecule has 0 aromatic carbocycles. The van der Waals surface area contributed by atoms with Gasteiger partial charge >= 0.3 is 58.2 Å². The molecular formula is C6H14O3PRb. The molecule has 0 saturated heterocycles. The zero-order valence-corrected chi connectivity index (χ0v) is 13.5. The summed E-state index contributed by atoms with van der Waals surface area (Å²) in [6.45, 7) is 6.08. The Balaban J connectivity index is 0. The van der Waals surface area contributed by atoms with Crippen LogP contribution in [0.2, 0.25) is 0 Å². The third-order valence-corrected chi connectivity index (χ3v) is 2.80. The summed E-state index contributed by atoms with van der Waals surface area (Å²) in [5.41, 5.74) is 0. The van der Waals surface area contributed by atoms with Crippen LogP contribution in [0.25, 0.3) is 0 Å². The molecule has 0 rings (SSSR count). The first-order chi connectivity index (χ1) is 4.68. The molecule has 0 amide bonds. The minimum Gasteiger partial charge on any atom is -0.331 e. The number of hydrogen-bond donors (Lipinski definition) is 0. The smallest absolute Gasteiger partial charge is 0.331 e. The minimum atomic E-state index is -2.83. The van der Waals surface area contributed by atoms with E-state index in [2.05, 4.69) is 0 Å². The van der Waals surface area contributed by atoms with Crippen molar-refractivity contribution in [2.24, 2.45) is 0 Å². The van der Waals surface area contributed by atoms with E-state index >= 15 is 0 Å². The van der Waals surface area contributed by atoms with E-state index in [-0.39, 0.29) is 58.2 Å². The predicted molar refractivity (Wildman–Crippen MR) is 40.8 cm³/mol. The maximum atomic E-state index is 11.3. The van der Waals surface area contributed by atoms with Crippen LogP contribution < -0.4 is 58.2 Å². The van der Waals surface area contributed by atoms with E-state index in [1.165, 1.54) is 6.16 Å². The van der Waals surface area contributed by atoms with Gasteiger partial charge in [0.25, 0.3) is 0 Å². The first-order valence-corrected chi connectivity index (χ1v) is 4.99. The van der Waals surface area contributed by atoms with Crippen molar-refractivity contribution in [3.05, 3.63) is 6.16 Å². The Labute approximate surface area is 118 Å². The van der Waals surface area contributed by atoms with Crippen molar-refractivity contribution in [2.45, 2.75) is 20.8 Å². The van der Waals surface area contributed by atoms with Crippen LogP contribution in [-0.2, 0) is 13.6 Å². The Morgan fingerprint density at radius 1 is 1.27 bits per heavy atom. The monoisotopic (exact) mass is 250 g/mol. The van der Waals surface area contributed by atoms with Crippen LogP contribution in [0.5, 0.6) is 0 Å². The summed E-state index contributed by atoms with van der Waals surface area (Å²) in [7, 11) is -2.83. The second-order valence-electron chi connectivity index (χ2n) is 1.63. The van der Waals surface area contributed by atoms with Crippen LogP contribution in [0.15, 0.2) is 0 Å². The Bertz CT molecular complexity index is 119. The molecule has 0 radical (unpaired) electrons. The molecule has 0 heterocycles. The number of rotatable bonds is 5. The molecular weight excluding hydrogens is 237 g/mol. The normalized spacial score (nSPS) is 10.8. The quantitative estimate of drug-likeness (QED) is 0.485. The largest absolute Gasteiger partial charge is 1.00 e. The van der Waals surface area contributed by atoms with Gasteiger partial charge in [0.1, 0.15) is 0 Å². The van der Waals surface area contributed by atoms with E-state index in [1.807, 2.05) is 0 Å². The fraction of sp³-hybridized carbons (Fsp3) is 0.833. The van der Waals surface area contributed by atoms with E-state index in [1.54, 1.807) is 20.8 Å². The molecule has 0 saturated carbocycles. The van der Waals surface area contributed by atoms with Crippen molar-refractivity contribution in [1.82, 2.24) is 0 Å². The van der Waals surface area contributed by atoms with Gasteiger partial charge in [0.2, 0.25) is 0 Å². The summed E-state index contributed by atoms with van der Waals surface area (Å²) in [5.74, 6) is 0. The summed E-state index contributed by atoms with van der Waals surface area (Å²) < 4.78 is 21.1. The average Bonchev–Trinajstić information content (AvgIpc) is 1.89. The van der Waals surface area contributed by atoms with Gasteiger partial charge in [-0.2, -0.15) is 6.92 Å². The van der Waals surface area contributed by atoms with Gasteiger partial charge in [0.05, 0.1) is 13.2 Å². The van der Waals surface area contributed by atoms with E-state index in [9.17, 15) is 4.57 Å². The van der Waals surface area contributed by atoms with Crippen LogP contribution in [-0.4, -0.2) is 13.2 Å². The molecule has 0 bridgehead atoms. The summed E-state index contributed by atoms with van der Waals surface area (Å²) in [5, 5.41) is 0. The first kappa shape index (κ1) is 15.4. The Kier molecular flexibility index (Phi) is 12.0. The second-order valence-corrected chi connectivity index (χ2v) is 3.75. The van der Waals surface area contributed by atoms with E-state index in [4.69, 9.17) is 9.05 Å². The van der Waals surface area contributed by atoms with Gasteiger partial charge in [-0.25, -0.2) is 6.16 Å². The van der Waals surface area contributed by atoms with Crippen molar-refractivity contribution in [1.29, 1.82) is 0 Å². The topological polar surface area (TPSA) is 35.5 Å². The molecule has 0 unspecified atom stereocenters. The van der Waals surface area contributed by atoms with Crippen molar-refractivity contribution in [3.8, 4) is 0 Å². The molecule has 0 aromatic heterocycles. The van der Waals surface area contributed by atoms with Gasteiger partial charge in [-0.1, -0.05) is 0 Å². The van der Waals surface area contributed by atoms with Crippen molar-refractivity contribution in [3.63, 3.8) is 0 Å². The molecule has 0 atom stereocenters. The fourth-order valence-electron chi connectivity index (χ4n) is 0.546. The Morgan fingerprint density at radius 2 is 1.64 bits per heavy atom. The van der Waals surface area contributed by atoms with Gasteiger partial charge in [0, 0.05) is 0 Å². The van der Waals surface area contributed by atoms with Gasteiger partial charge in [-0.3, -0.25) is 4.57 Å². The molecule has 3 nitrogen and oxygen atoms in total. The summed E-state index contributed by atoms with van der Waals surface area (Å²) in [6.07, 6.45) is 1.47. The molecule has 0 N–H and O–H groups in total. The number of hydrogen-bond acceptors (Lipinski definition) is 3. The molecule has 0 fully saturated rings. The maximum absolute atomic E-state index is 11.3. The van der Waals surface area contributed by atoms with Crippen molar-refractivity contribution in [2.75, 3.05) is 13.2 Å². The van der Waals surface area contributed by atoms with Crippen LogP contribution in [0.1, 0.15) is 20.8 Å². The van der Waals surface area contributed by atoms with Gasteiger partial charge < -0.3 is 9.05 Å². The van der Waals surface area contributed by atoms with E-state index < -0.39 is 7.60 Å². The fourth-order valence-corrected chi connectivity index (χ4v) is 1.64. The van der Waals surface area contributed by atoms with E-state index in [0.717, 1.165) is 0 Å². The average molecular weight is 251 g/mol. The van der Waals surface area contributed by atoms with Gasteiger partial charge in [-0.15, -0.1) is 0 Å². The predicted octanol–water partition coefficient (Wildman–Crippen LogP) is -0.562. The third-order valence-electron chi connectivity index (χ3n) is 0.934. The molecule has 0 spiro atoms. The molecule has 0 aliphatic carbocycles. The van der Waals surface area contributed by atoms with Crippen LogP contribution >= 0.6 is 7.60 Å². The molecule has 0 aliphatic rings. The van der Waals surface area contributed by atoms with Crippen molar-refractivity contribution < 1.29 is 71.8 Å². The third kappa shape index (κ3) is 7.06. The van der Waals surface area contributed by atoms with Crippen LogP contribution in [0, 0.1) is 6.16 Å². The summed E-state index contributed by atoms with van der Waals surface area (Å²) in [4.78, 5) is 0. The van der Waals surface area contributed by atoms with Gasteiger partial charge in [-0.05, 0) is 13.8 Å². The maximum Gasteiger partial charge on any atom is 1.00 e. The summed E-state index contributed by atoms with van der Waals surface area (Å²) in [6, 6.07) is 0. The van der Waals surface area contributed by atoms with E-state index in [0.29, 0.717) is 13.2 Å². The summed E-state index contributed by atoms with van der Waals surface area (Å²) >= 11 is 0. The van der Waals surface area contributed by atoms with Gasteiger partial charge in [0.15, 0.2) is 7.60 Å². The SMILES string of the molecule is C[CH-]P(=O)(OCC)OCC.[Rb+]. The molecule has 5 heteroatoms. The Morgan fingerprint density at radius 3 is 1.82 bits per heavy atom. The van der Waals surface area contributed by atoms with Crippen LogP contribution in [0.4, 0.5) is 0 Å². The first-order valence-electron chi connectivity index (χ1n) is 3.37. The Hall–Kier alpha value is 1.96. The minimum absolute atomic E-state index is 0. The molecule has 0 aromatic rings. The standard InChI is InChI=1S/C6H14O3P.Rb/c1-4-8-10(7,6-3)9-5-2;/h6H,4-5H2,1-3H3;/q-1;+1.